The number of hydrogen-bond donors (Lipinski definition) is 0. The SMILES string of the molecule is c1ccc2c(-c3c4ccccc4c(-c4ccc(C5=NCCO5)nc4)c4ccccc34)cccc2c1. The van der Waals surface area contributed by atoms with Crippen LogP contribution >= 0.6 is 0 Å². The Morgan fingerprint density at radius 3 is 1.83 bits per heavy atom. The summed E-state index contributed by atoms with van der Waals surface area (Å²) in [6, 6.07) is 36.8. The first-order chi connectivity index (χ1) is 17.4. The van der Waals surface area contributed by atoms with E-state index in [4.69, 9.17) is 9.72 Å². The number of benzene rings is 5. The Balaban J connectivity index is 1.55. The van der Waals surface area contributed by atoms with Crippen molar-refractivity contribution in [2.24, 2.45) is 4.99 Å². The lowest BCUT2D eigenvalue weighted by Gasteiger charge is -2.18. The first kappa shape index (κ1) is 19.9. The quantitative estimate of drug-likeness (QED) is 0.260. The van der Waals surface area contributed by atoms with Crippen LogP contribution in [0.3, 0.4) is 0 Å². The van der Waals surface area contributed by atoms with E-state index in [1.54, 1.807) is 0 Å². The lowest BCUT2D eigenvalue weighted by molar-refractivity contribution is 0.347. The molecule has 0 saturated carbocycles. The van der Waals surface area contributed by atoms with Gasteiger partial charge in [-0.05, 0) is 55.1 Å². The standard InChI is InChI=1S/C32H22N2O/c1-2-10-23-21(8-1)9-7-15-24(23)31-27-13-5-3-11-25(27)30(26-12-4-6-14-28(26)31)22-16-17-29(34-20-22)32-33-18-19-35-32/h1-17,20H,18-19H2. The third-order valence-electron chi connectivity index (χ3n) is 6.85. The molecular weight excluding hydrogens is 428 g/mol. The van der Waals surface area contributed by atoms with Crippen LogP contribution in [-0.2, 0) is 4.74 Å². The Labute approximate surface area is 203 Å². The maximum Gasteiger partial charge on any atom is 0.235 e. The lowest BCUT2D eigenvalue weighted by atomic mass is 9.85. The average Bonchev–Trinajstić information content (AvgIpc) is 3.47. The number of ether oxygens (including phenoxy) is 1. The molecule has 3 nitrogen and oxygen atoms in total. The summed E-state index contributed by atoms with van der Waals surface area (Å²) in [5, 5.41) is 7.44. The Bertz CT molecular complexity index is 1700. The number of rotatable bonds is 3. The molecule has 2 heterocycles. The first-order valence-corrected chi connectivity index (χ1v) is 11.9. The van der Waals surface area contributed by atoms with Gasteiger partial charge >= 0.3 is 0 Å². The van der Waals surface area contributed by atoms with Gasteiger partial charge in [-0.1, -0.05) is 97.1 Å². The molecule has 166 valence electrons. The van der Waals surface area contributed by atoms with E-state index in [9.17, 15) is 0 Å². The first-order valence-electron chi connectivity index (χ1n) is 11.9. The van der Waals surface area contributed by atoms with Crippen molar-refractivity contribution >= 4 is 38.2 Å². The number of hydrogen-bond acceptors (Lipinski definition) is 3. The normalized spacial score (nSPS) is 13.3. The molecule has 0 spiro atoms. The van der Waals surface area contributed by atoms with Crippen molar-refractivity contribution in [3.63, 3.8) is 0 Å². The third kappa shape index (κ3) is 3.20. The highest BCUT2D eigenvalue weighted by molar-refractivity contribution is 6.23. The molecule has 0 saturated heterocycles. The van der Waals surface area contributed by atoms with Crippen LogP contribution in [-0.4, -0.2) is 24.0 Å². The summed E-state index contributed by atoms with van der Waals surface area (Å²) < 4.78 is 5.61. The fourth-order valence-electron chi connectivity index (χ4n) is 5.33. The number of aromatic nitrogens is 1. The minimum absolute atomic E-state index is 0.629. The van der Waals surface area contributed by atoms with Gasteiger partial charge in [-0.25, -0.2) is 4.99 Å². The van der Waals surface area contributed by atoms with E-state index in [2.05, 4.69) is 102 Å². The van der Waals surface area contributed by atoms with Gasteiger partial charge in [-0.2, -0.15) is 0 Å². The highest BCUT2D eigenvalue weighted by atomic mass is 16.5. The molecule has 6 aromatic rings. The van der Waals surface area contributed by atoms with Gasteiger partial charge in [0.05, 0.1) is 6.54 Å². The van der Waals surface area contributed by atoms with Crippen LogP contribution in [0.5, 0.6) is 0 Å². The smallest absolute Gasteiger partial charge is 0.235 e. The predicted octanol–water partition coefficient (Wildman–Crippen LogP) is 7.65. The molecule has 0 fully saturated rings. The second kappa shape index (κ2) is 8.07. The number of pyridine rings is 1. The second-order valence-corrected chi connectivity index (χ2v) is 8.84. The Hall–Kier alpha value is -4.50. The molecule has 1 aliphatic rings. The van der Waals surface area contributed by atoms with Crippen molar-refractivity contribution in [1.29, 1.82) is 0 Å². The fourth-order valence-corrected chi connectivity index (χ4v) is 5.33. The van der Waals surface area contributed by atoms with E-state index in [1.165, 1.54) is 49.0 Å². The largest absolute Gasteiger partial charge is 0.474 e. The van der Waals surface area contributed by atoms with E-state index in [-0.39, 0.29) is 0 Å². The van der Waals surface area contributed by atoms with E-state index in [0.29, 0.717) is 19.0 Å². The second-order valence-electron chi connectivity index (χ2n) is 8.84. The average molecular weight is 451 g/mol. The molecule has 0 radical (unpaired) electrons. The van der Waals surface area contributed by atoms with Crippen molar-refractivity contribution in [2.45, 2.75) is 0 Å². The summed E-state index contributed by atoms with van der Waals surface area (Å²) in [4.78, 5) is 9.13. The van der Waals surface area contributed by atoms with Crippen LogP contribution in [0.25, 0.3) is 54.6 Å². The maximum atomic E-state index is 5.61. The zero-order valence-electron chi connectivity index (χ0n) is 19.1. The molecule has 0 unspecified atom stereocenters. The molecule has 0 amide bonds. The molecule has 0 N–H and O–H groups in total. The molecule has 0 atom stereocenters. The maximum absolute atomic E-state index is 5.61. The minimum atomic E-state index is 0.629. The van der Waals surface area contributed by atoms with Crippen LogP contribution < -0.4 is 0 Å². The van der Waals surface area contributed by atoms with Crippen molar-refractivity contribution in [3.05, 3.63) is 115 Å². The van der Waals surface area contributed by atoms with Gasteiger partial charge in [0.15, 0.2) is 0 Å². The summed E-state index contributed by atoms with van der Waals surface area (Å²) in [7, 11) is 0. The van der Waals surface area contributed by atoms with Crippen molar-refractivity contribution in [3.8, 4) is 22.3 Å². The van der Waals surface area contributed by atoms with E-state index in [1.807, 2.05) is 12.3 Å². The summed E-state index contributed by atoms with van der Waals surface area (Å²) >= 11 is 0. The summed E-state index contributed by atoms with van der Waals surface area (Å²) in [6.07, 6.45) is 1.95. The van der Waals surface area contributed by atoms with E-state index < -0.39 is 0 Å². The lowest BCUT2D eigenvalue weighted by Crippen LogP contribution is -2.03. The number of fused-ring (bicyclic) bond motifs is 3. The molecule has 3 heteroatoms. The zero-order chi connectivity index (χ0) is 23.2. The molecular formula is C32H22N2O. The van der Waals surface area contributed by atoms with Gasteiger partial charge in [-0.15, -0.1) is 0 Å². The van der Waals surface area contributed by atoms with Crippen molar-refractivity contribution in [2.75, 3.05) is 13.2 Å². The topological polar surface area (TPSA) is 34.5 Å². The molecule has 1 aliphatic heterocycles. The van der Waals surface area contributed by atoms with Crippen molar-refractivity contribution < 1.29 is 4.74 Å². The predicted molar refractivity (Wildman–Crippen MR) is 145 cm³/mol. The minimum Gasteiger partial charge on any atom is -0.474 e. The van der Waals surface area contributed by atoms with Crippen LogP contribution in [0.15, 0.2) is 114 Å². The van der Waals surface area contributed by atoms with E-state index >= 15 is 0 Å². The molecule has 0 aliphatic carbocycles. The molecule has 1 aromatic heterocycles. The fraction of sp³-hybridized carbons (Fsp3) is 0.0625. The molecule has 35 heavy (non-hydrogen) atoms. The highest BCUT2D eigenvalue weighted by Crippen LogP contribution is 2.44. The zero-order valence-corrected chi connectivity index (χ0v) is 19.1. The van der Waals surface area contributed by atoms with Gasteiger partial charge < -0.3 is 4.74 Å². The van der Waals surface area contributed by atoms with Crippen LogP contribution in [0, 0.1) is 0 Å². The molecule has 5 aromatic carbocycles. The Kier molecular flexibility index (Phi) is 4.59. The van der Waals surface area contributed by atoms with Gasteiger partial charge in [-0.3, -0.25) is 4.98 Å². The molecule has 7 rings (SSSR count). The Morgan fingerprint density at radius 2 is 1.20 bits per heavy atom. The number of nitrogens with zero attached hydrogens (tertiary/aromatic N) is 2. The van der Waals surface area contributed by atoms with Gasteiger partial charge in [0, 0.05) is 11.8 Å². The van der Waals surface area contributed by atoms with Crippen molar-refractivity contribution in [1.82, 2.24) is 4.98 Å². The third-order valence-corrected chi connectivity index (χ3v) is 6.85. The van der Waals surface area contributed by atoms with Gasteiger partial charge in [0.2, 0.25) is 5.90 Å². The monoisotopic (exact) mass is 450 g/mol. The highest BCUT2D eigenvalue weighted by Gasteiger charge is 2.18. The number of aliphatic imine (C=N–C) groups is 1. The summed E-state index contributed by atoms with van der Waals surface area (Å²) in [6.45, 7) is 1.33. The van der Waals surface area contributed by atoms with Crippen LogP contribution in [0.1, 0.15) is 5.69 Å². The molecule has 0 bridgehead atoms. The summed E-state index contributed by atoms with van der Waals surface area (Å²) in [5.74, 6) is 0.637. The van der Waals surface area contributed by atoms with Gasteiger partial charge in [0.1, 0.15) is 12.3 Å². The summed E-state index contributed by atoms with van der Waals surface area (Å²) in [5.41, 5.74) is 5.60. The van der Waals surface area contributed by atoms with E-state index in [0.717, 1.165) is 11.3 Å². The Morgan fingerprint density at radius 1 is 0.571 bits per heavy atom. The van der Waals surface area contributed by atoms with Crippen LogP contribution in [0.4, 0.5) is 0 Å². The van der Waals surface area contributed by atoms with Gasteiger partial charge in [0.25, 0.3) is 0 Å². The van der Waals surface area contributed by atoms with Crippen LogP contribution in [0.2, 0.25) is 0 Å².